The van der Waals surface area contributed by atoms with Gasteiger partial charge in [-0.05, 0) is 62.2 Å². The molecule has 1 aromatic heterocycles. The van der Waals surface area contributed by atoms with Gasteiger partial charge in [0.05, 0.1) is 23.9 Å². The van der Waals surface area contributed by atoms with Crippen LogP contribution in [0.1, 0.15) is 45.0 Å². The number of para-hydroxylation sites is 1. The maximum absolute atomic E-state index is 14.4. The summed E-state index contributed by atoms with van der Waals surface area (Å²) in [6.07, 6.45) is 0. The SMILES string of the molecule is CCOC(=O)c1sc(N2C(=O)C(=O)/C(=C(\O)c3ccc(C)c(F)c3)C2c2cccc(Oc3ccccc3)c2)nc1C. The fourth-order valence-corrected chi connectivity index (χ4v) is 5.47. The van der Waals surface area contributed by atoms with Gasteiger partial charge in [-0.2, -0.15) is 0 Å². The molecule has 208 valence electrons. The summed E-state index contributed by atoms with van der Waals surface area (Å²) in [5, 5.41) is 11.4. The number of anilines is 1. The van der Waals surface area contributed by atoms with Gasteiger partial charge in [0.15, 0.2) is 5.13 Å². The Labute approximate surface area is 239 Å². The number of carbonyl (C=O) groups excluding carboxylic acids is 3. The van der Waals surface area contributed by atoms with Crippen molar-refractivity contribution in [3.05, 3.63) is 111 Å². The number of Topliss-reactive ketones (excluding diaryl/α,β-unsaturated/α-hetero) is 1. The number of aryl methyl sites for hydroxylation is 2. The number of benzene rings is 3. The lowest BCUT2D eigenvalue weighted by atomic mass is 9.95. The highest BCUT2D eigenvalue weighted by atomic mass is 32.1. The van der Waals surface area contributed by atoms with Gasteiger partial charge in [-0.3, -0.25) is 14.5 Å². The topological polar surface area (TPSA) is 106 Å². The molecule has 1 aliphatic rings. The summed E-state index contributed by atoms with van der Waals surface area (Å²) in [5.74, 6) is -2.66. The molecule has 8 nitrogen and oxygen atoms in total. The van der Waals surface area contributed by atoms with Crippen LogP contribution in [-0.4, -0.2) is 34.4 Å². The predicted octanol–water partition coefficient (Wildman–Crippen LogP) is 6.49. The number of aromatic nitrogens is 1. The minimum atomic E-state index is -1.15. The van der Waals surface area contributed by atoms with Gasteiger partial charge in [-0.1, -0.05) is 53.8 Å². The molecule has 0 radical (unpaired) electrons. The number of ether oxygens (including phenoxy) is 2. The second kappa shape index (κ2) is 11.3. The van der Waals surface area contributed by atoms with E-state index in [1.165, 1.54) is 12.1 Å². The van der Waals surface area contributed by atoms with Crippen LogP contribution in [0.25, 0.3) is 5.76 Å². The molecule has 5 rings (SSSR count). The van der Waals surface area contributed by atoms with E-state index < -0.39 is 35.3 Å². The average Bonchev–Trinajstić information content (AvgIpc) is 3.47. The van der Waals surface area contributed by atoms with Gasteiger partial charge in [-0.25, -0.2) is 14.2 Å². The number of carbonyl (C=O) groups is 3. The molecule has 0 aliphatic carbocycles. The monoisotopic (exact) mass is 572 g/mol. The highest BCUT2D eigenvalue weighted by Gasteiger charge is 2.48. The molecule has 1 amide bonds. The molecule has 1 saturated heterocycles. The van der Waals surface area contributed by atoms with Crippen LogP contribution in [0.15, 0.2) is 78.4 Å². The third kappa shape index (κ3) is 5.33. The van der Waals surface area contributed by atoms with E-state index in [4.69, 9.17) is 9.47 Å². The zero-order chi connectivity index (χ0) is 29.3. The molecule has 0 saturated carbocycles. The second-order valence-corrected chi connectivity index (χ2v) is 10.2. The maximum atomic E-state index is 14.4. The van der Waals surface area contributed by atoms with Crippen LogP contribution in [0.3, 0.4) is 0 Å². The molecule has 3 aromatic carbocycles. The number of halogens is 1. The number of thiazole rings is 1. The fraction of sp³-hybridized carbons (Fsp3) is 0.161. The van der Waals surface area contributed by atoms with E-state index in [0.717, 1.165) is 22.3 Å². The normalized spacial score (nSPS) is 16.2. The van der Waals surface area contributed by atoms with Gasteiger partial charge in [-0.15, -0.1) is 0 Å². The first kappa shape index (κ1) is 27.7. The van der Waals surface area contributed by atoms with Crippen LogP contribution in [0, 0.1) is 19.7 Å². The first-order valence-electron chi connectivity index (χ1n) is 12.7. The molecule has 1 aliphatic heterocycles. The summed E-state index contributed by atoms with van der Waals surface area (Å²) in [4.78, 5) is 45.3. The van der Waals surface area contributed by atoms with Gasteiger partial charge < -0.3 is 14.6 Å². The van der Waals surface area contributed by atoms with Gasteiger partial charge in [0.1, 0.15) is 28.0 Å². The summed E-state index contributed by atoms with van der Waals surface area (Å²) in [7, 11) is 0. The van der Waals surface area contributed by atoms with Gasteiger partial charge in [0.25, 0.3) is 5.78 Å². The minimum Gasteiger partial charge on any atom is -0.507 e. The molecule has 0 bridgehead atoms. The molecule has 10 heteroatoms. The number of hydrogen-bond acceptors (Lipinski definition) is 8. The van der Waals surface area contributed by atoms with Crippen molar-refractivity contribution in [3.8, 4) is 11.5 Å². The lowest BCUT2D eigenvalue weighted by molar-refractivity contribution is -0.132. The molecule has 0 spiro atoms. The summed E-state index contributed by atoms with van der Waals surface area (Å²) >= 11 is 0.902. The molecule has 1 unspecified atom stereocenters. The Morgan fingerprint density at radius 1 is 1.02 bits per heavy atom. The molecule has 41 heavy (non-hydrogen) atoms. The lowest BCUT2D eigenvalue weighted by Gasteiger charge is -2.23. The molecular weight excluding hydrogens is 547 g/mol. The van der Waals surface area contributed by atoms with Crippen LogP contribution in [-0.2, 0) is 14.3 Å². The average molecular weight is 573 g/mol. The Kier molecular flexibility index (Phi) is 7.67. The number of hydrogen-bond donors (Lipinski definition) is 1. The van der Waals surface area contributed by atoms with Crippen LogP contribution in [0.5, 0.6) is 11.5 Å². The third-order valence-electron chi connectivity index (χ3n) is 6.49. The highest BCUT2D eigenvalue weighted by Crippen LogP contribution is 2.44. The summed E-state index contributed by atoms with van der Waals surface area (Å²) in [6.45, 7) is 4.99. The van der Waals surface area contributed by atoms with Crippen LogP contribution >= 0.6 is 11.3 Å². The smallest absolute Gasteiger partial charge is 0.350 e. The van der Waals surface area contributed by atoms with Gasteiger partial charge in [0, 0.05) is 5.56 Å². The van der Waals surface area contributed by atoms with Crippen molar-refractivity contribution >= 4 is 39.9 Å². The van der Waals surface area contributed by atoms with Crippen molar-refractivity contribution < 1.29 is 33.4 Å². The molecular formula is C31H25FN2O6S. The third-order valence-corrected chi connectivity index (χ3v) is 7.63. The summed E-state index contributed by atoms with van der Waals surface area (Å²) in [5.41, 5.74) is 0.896. The number of esters is 1. The zero-order valence-electron chi connectivity index (χ0n) is 22.4. The van der Waals surface area contributed by atoms with Crippen LogP contribution in [0.4, 0.5) is 9.52 Å². The number of rotatable bonds is 7. The Morgan fingerprint density at radius 2 is 1.76 bits per heavy atom. The van der Waals surface area contributed by atoms with Crippen molar-refractivity contribution in [2.45, 2.75) is 26.8 Å². The van der Waals surface area contributed by atoms with Crippen LogP contribution in [0.2, 0.25) is 0 Å². The number of aliphatic hydroxyl groups excluding tert-OH is 1. The molecule has 4 aromatic rings. The molecule has 2 heterocycles. The second-order valence-electron chi connectivity index (χ2n) is 9.25. The minimum absolute atomic E-state index is 0.0373. The summed E-state index contributed by atoms with van der Waals surface area (Å²) in [6, 6.07) is 18.7. The van der Waals surface area contributed by atoms with E-state index >= 15 is 0 Å². The summed E-state index contributed by atoms with van der Waals surface area (Å²) < 4.78 is 25.5. The molecule has 1 atom stereocenters. The zero-order valence-corrected chi connectivity index (χ0v) is 23.2. The number of nitrogens with zero attached hydrogens (tertiary/aromatic N) is 2. The number of amides is 1. The Morgan fingerprint density at radius 3 is 2.46 bits per heavy atom. The number of aliphatic hydroxyl groups is 1. The Bertz CT molecular complexity index is 1700. The molecule has 1 fully saturated rings. The first-order chi connectivity index (χ1) is 19.7. The molecule has 1 N–H and O–H groups in total. The quantitative estimate of drug-likeness (QED) is 0.117. The van der Waals surface area contributed by atoms with Gasteiger partial charge in [0.2, 0.25) is 0 Å². The predicted molar refractivity (Wildman–Crippen MR) is 152 cm³/mol. The van der Waals surface area contributed by atoms with E-state index in [9.17, 15) is 23.9 Å². The largest absolute Gasteiger partial charge is 0.507 e. The van der Waals surface area contributed by atoms with E-state index in [2.05, 4.69) is 4.98 Å². The van der Waals surface area contributed by atoms with E-state index in [1.54, 1.807) is 57.2 Å². The van der Waals surface area contributed by atoms with Crippen molar-refractivity contribution in [1.29, 1.82) is 0 Å². The van der Waals surface area contributed by atoms with Crippen molar-refractivity contribution in [2.24, 2.45) is 0 Å². The van der Waals surface area contributed by atoms with E-state index in [-0.39, 0.29) is 27.8 Å². The Balaban J connectivity index is 1.67. The standard InChI is InChI=1S/C31H25FN2O6S/c1-4-39-30(38)28-18(3)33-31(41-28)34-25(19-9-8-12-22(15-19)40-21-10-6-5-7-11-21)24(27(36)29(34)37)26(35)20-14-13-17(2)23(32)16-20/h5-16,25,35H,4H2,1-3H3/b26-24-. The fourth-order valence-electron chi connectivity index (χ4n) is 4.48. The maximum Gasteiger partial charge on any atom is 0.350 e. The highest BCUT2D eigenvalue weighted by molar-refractivity contribution is 7.17. The van der Waals surface area contributed by atoms with Gasteiger partial charge >= 0.3 is 11.9 Å². The van der Waals surface area contributed by atoms with Crippen LogP contribution < -0.4 is 9.64 Å². The van der Waals surface area contributed by atoms with Crippen molar-refractivity contribution in [2.75, 3.05) is 11.5 Å². The lowest BCUT2D eigenvalue weighted by Crippen LogP contribution is -2.29. The Hall–Kier alpha value is -4.83. The van der Waals surface area contributed by atoms with E-state index in [0.29, 0.717) is 28.3 Å². The first-order valence-corrected chi connectivity index (χ1v) is 13.6. The van der Waals surface area contributed by atoms with E-state index in [1.807, 2.05) is 18.2 Å². The number of ketones is 1. The van der Waals surface area contributed by atoms with Crippen molar-refractivity contribution in [1.82, 2.24) is 4.98 Å². The van der Waals surface area contributed by atoms with Crippen molar-refractivity contribution in [3.63, 3.8) is 0 Å².